The summed E-state index contributed by atoms with van der Waals surface area (Å²) < 4.78 is 4.83. The molecular weight excluding hydrogens is 168 g/mol. The van der Waals surface area contributed by atoms with E-state index in [1.165, 1.54) is 6.08 Å². The van der Waals surface area contributed by atoms with Crippen LogP contribution in [0.5, 0.6) is 0 Å². The van der Waals surface area contributed by atoms with Gasteiger partial charge in [-0.25, -0.2) is 0 Å². The van der Waals surface area contributed by atoms with E-state index in [4.69, 9.17) is 4.74 Å². The normalized spacial score (nSPS) is 27.4. The van der Waals surface area contributed by atoms with Crippen molar-refractivity contribution < 1.29 is 14.3 Å². The van der Waals surface area contributed by atoms with Crippen LogP contribution >= 0.6 is 0 Å². The SMILES string of the molecule is CCOC(=O)[C@@H]1C(=O)C=CC[C@@H]1C. The maximum absolute atomic E-state index is 11.3. The second-order valence-corrected chi connectivity index (χ2v) is 3.25. The van der Waals surface area contributed by atoms with E-state index >= 15 is 0 Å². The van der Waals surface area contributed by atoms with Gasteiger partial charge in [0.05, 0.1) is 6.61 Å². The zero-order chi connectivity index (χ0) is 9.84. The van der Waals surface area contributed by atoms with Crippen molar-refractivity contribution in [1.82, 2.24) is 0 Å². The molecule has 1 aliphatic rings. The first-order chi connectivity index (χ1) is 6.16. The number of esters is 1. The number of allylic oxidation sites excluding steroid dienone is 2. The van der Waals surface area contributed by atoms with Gasteiger partial charge in [0.15, 0.2) is 5.78 Å². The van der Waals surface area contributed by atoms with Gasteiger partial charge in [-0.2, -0.15) is 0 Å². The molecule has 0 heterocycles. The van der Waals surface area contributed by atoms with Crippen molar-refractivity contribution in [2.75, 3.05) is 6.61 Å². The highest BCUT2D eigenvalue weighted by atomic mass is 16.5. The maximum atomic E-state index is 11.3. The van der Waals surface area contributed by atoms with Crippen molar-refractivity contribution >= 4 is 11.8 Å². The molecule has 0 amide bonds. The van der Waals surface area contributed by atoms with Gasteiger partial charge >= 0.3 is 5.97 Å². The predicted octanol–water partition coefficient (Wildman–Crippen LogP) is 1.33. The average molecular weight is 182 g/mol. The fraction of sp³-hybridized carbons (Fsp3) is 0.600. The van der Waals surface area contributed by atoms with Gasteiger partial charge in [0, 0.05) is 0 Å². The third-order valence-corrected chi connectivity index (χ3v) is 2.21. The number of rotatable bonds is 2. The fourth-order valence-corrected chi connectivity index (χ4v) is 1.50. The van der Waals surface area contributed by atoms with Gasteiger partial charge < -0.3 is 4.74 Å². The molecule has 0 aliphatic heterocycles. The molecule has 2 atom stereocenters. The maximum Gasteiger partial charge on any atom is 0.317 e. The van der Waals surface area contributed by atoms with E-state index in [0.29, 0.717) is 6.61 Å². The molecule has 0 unspecified atom stereocenters. The average Bonchev–Trinajstić information content (AvgIpc) is 2.04. The summed E-state index contributed by atoms with van der Waals surface area (Å²) in [6.45, 7) is 3.97. The van der Waals surface area contributed by atoms with Crippen LogP contribution in [0.15, 0.2) is 12.2 Å². The Kier molecular flexibility index (Phi) is 3.23. The molecule has 1 aliphatic carbocycles. The summed E-state index contributed by atoms with van der Waals surface area (Å²) in [4.78, 5) is 22.7. The summed E-state index contributed by atoms with van der Waals surface area (Å²) in [7, 11) is 0. The van der Waals surface area contributed by atoms with E-state index in [2.05, 4.69) is 0 Å². The highest BCUT2D eigenvalue weighted by Crippen LogP contribution is 2.23. The Balaban J connectivity index is 2.71. The standard InChI is InChI=1S/C10H14O3/c1-3-13-10(12)9-7(2)5-4-6-8(9)11/h4,6-7,9H,3,5H2,1-2H3/t7-,9-/m0/s1. The van der Waals surface area contributed by atoms with E-state index in [1.54, 1.807) is 6.92 Å². The molecule has 0 N–H and O–H groups in total. The number of hydrogen-bond donors (Lipinski definition) is 0. The summed E-state index contributed by atoms with van der Waals surface area (Å²) in [6, 6.07) is 0. The van der Waals surface area contributed by atoms with Crippen LogP contribution in [-0.2, 0) is 14.3 Å². The van der Waals surface area contributed by atoms with E-state index in [9.17, 15) is 9.59 Å². The van der Waals surface area contributed by atoms with Crippen molar-refractivity contribution in [3.63, 3.8) is 0 Å². The predicted molar refractivity (Wildman–Crippen MR) is 48.1 cm³/mol. The lowest BCUT2D eigenvalue weighted by Crippen LogP contribution is -2.32. The Bertz CT molecular complexity index is 243. The number of carbonyl (C=O) groups is 2. The highest BCUT2D eigenvalue weighted by molar-refractivity contribution is 6.05. The molecule has 0 fully saturated rings. The molecule has 0 saturated carbocycles. The van der Waals surface area contributed by atoms with E-state index in [1.807, 2.05) is 13.0 Å². The van der Waals surface area contributed by atoms with E-state index in [0.717, 1.165) is 6.42 Å². The Morgan fingerprint density at radius 3 is 2.92 bits per heavy atom. The van der Waals surface area contributed by atoms with Gasteiger partial charge in [-0.1, -0.05) is 13.0 Å². The molecule has 3 heteroatoms. The first kappa shape index (κ1) is 9.96. The second kappa shape index (κ2) is 4.21. The van der Waals surface area contributed by atoms with E-state index < -0.39 is 5.92 Å². The van der Waals surface area contributed by atoms with Crippen LogP contribution in [0, 0.1) is 11.8 Å². The first-order valence-corrected chi connectivity index (χ1v) is 4.53. The van der Waals surface area contributed by atoms with Crippen LogP contribution in [-0.4, -0.2) is 18.4 Å². The molecule has 0 aromatic rings. The topological polar surface area (TPSA) is 43.4 Å². The van der Waals surface area contributed by atoms with Gasteiger partial charge in [0.1, 0.15) is 5.92 Å². The van der Waals surface area contributed by atoms with Gasteiger partial charge in [-0.05, 0) is 25.3 Å². The van der Waals surface area contributed by atoms with Crippen LogP contribution in [0.3, 0.4) is 0 Å². The van der Waals surface area contributed by atoms with Crippen molar-refractivity contribution in [2.45, 2.75) is 20.3 Å². The fourth-order valence-electron chi connectivity index (χ4n) is 1.50. The second-order valence-electron chi connectivity index (χ2n) is 3.25. The molecule has 0 radical (unpaired) electrons. The third kappa shape index (κ3) is 2.17. The van der Waals surface area contributed by atoms with Crippen LogP contribution in [0.4, 0.5) is 0 Å². The molecule has 0 saturated heterocycles. The highest BCUT2D eigenvalue weighted by Gasteiger charge is 2.33. The van der Waals surface area contributed by atoms with E-state index in [-0.39, 0.29) is 17.7 Å². The first-order valence-electron chi connectivity index (χ1n) is 4.53. The molecule has 0 bridgehead atoms. The lowest BCUT2D eigenvalue weighted by molar-refractivity contribution is -0.152. The quantitative estimate of drug-likeness (QED) is 0.478. The summed E-state index contributed by atoms with van der Waals surface area (Å²) in [5.41, 5.74) is 0. The minimum atomic E-state index is -0.579. The Labute approximate surface area is 77.8 Å². The number of carbonyl (C=O) groups excluding carboxylic acids is 2. The number of ketones is 1. The van der Waals surface area contributed by atoms with Crippen molar-refractivity contribution in [2.24, 2.45) is 11.8 Å². The Hall–Kier alpha value is -1.12. The Morgan fingerprint density at radius 1 is 1.69 bits per heavy atom. The van der Waals surface area contributed by atoms with Crippen LogP contribution in [0.1, 0.15) is 20.3 Å². The van der Waals surface area contributed by atoms with Gasteiger partial charge in [-0.3, -0.25) is 9.59 Å². The molecule has 0 spiro atoms. The molecular formula is C10H14O3. The molecule has 13 heavy (non-hydrogen) atoms. The van der Waals surface area contributed by atoms with Crippen LogP contribution < -0.4 is 0 Å². The minimum Gasteiger partial charge on any atom is -0.465 e. The molecule has 72 valence electrons. The smallest absolute Gasteiger partial charge is 0.317 e. The van der Waals surface area contributed by atoms with Crippen molar-refractivity contribution in [3.05, 3.63) is 12.2 Å². The van der Waals surface area contributed by atoms with Crippen LogP contribution in [0.25, 0.3) is 0 Å². The minimum absolute atomic E-state index is 0.0662. The van der Waals surface area contributed by atoms with Gasteiger partial charge in [-0.15, -0.1) is 0 Å². The molecule has 3 nitrogen and oxygen atoms in total. The number of ether oxygens (including phenoxy) is 1. The summed E-state index contributed by atoms with van der Waals surface area (Å²) in [5.74, 6) is -1.02. The molecule has 0 aromatic carbocycles. The largest absolute Gasteiger partial charge is 0.465 e. The summed E-state index contributed by atoms with van der Waals surface area (Å²) in [5, 5.41) is 0. The van der Waals surface area contributed by atoms with Gasteiger partial charge in [0.25, 0.3) is 0 Å². The Morgan fingerprint density at radius 2 is 2.38 bits per heavy atom. The lowest BCUT2D eigenvalue weighted by atomic mass is 9.83. The van der Waals surface area contributed by atoms with Gasteiger partial charge in [0.2, 0.25) is 0 Å². The summed E-state index contributed by atoms with van der Waals surface area (Å²) >= 11 is 0. The zero-order valence-corrected chi connectivity index (χ0v) is 7.95. The summed E-state index contributed by atoms with van der Waals surface area (Å²) in [6.07, 6.45) is 4.06. The van der Waals surface area contributed by atoms with Crippen molar-refractivity contribution in [1.29, 1.82) is 0 Å². The lowest BCUT2D eigenvalue weighted by Gasteiger charge is -2.21. The third-order valence-electron chi connectivity index (χ3n) is 2.21. The van der Waals surface area contributed by atoms with Crippen molar-refractivity contribution in [3.8, 4) is 0 Å². The molecule has 0 aromatic heterocycles. The molecule has 1 rings (SSSR count). The van der Waals surface area contributed by atoms with Crippen LogP contribution in [0.2, 0.25) is 0 Å². The number of hydrogen-bond acceptors (Lipinski definition) is 3. The monoisotopic (exact) mass is 182 g/mol. The zero-order valence-electron chi connectivity index (χ0n) is 7.95.